The minimum absolute atomic E-state index is 0.105. The number of carbonyl (C=O) groups is 1. The molecular formula is C25H21F4N3O3. The van der Waals surface area contributed by atoms with E-state index in [0.29, 0.717) is 12.2 Å². The third-order valence-electron chi connectivity index (χ3n) is 7.50. The number of halogens is 4. The van der Waals surface area contributed by atoms with Gasteiger partial charge in [0.25, 0.3) is 0 Å². The maximum Gasteiger partial charge on any atom is 0.417 e. The summed E-state index contributed by atoms with van der Waals surface area (Å²) in [4.78, 5) is 14.5. The van der Waals surface area contributed by atoms with E-state index in [9.17, 15) is 22.4 Å². The summed E-state index contributed by atoms with van der Waals surface area (Å²) in [7, 11) is 0. The van der Waals surface area contributed by atoms with Crippen molar-refractivity contribution in [3.05, 3.63) is 59.4 Å². The van der Waals surface area contributed by atoms with Gasteiger partial charge in [-0.15, -0.1) is 0 Å². The molecule has 0 aliphatic carbocycles. The van der Waals surface area contributed by atoms with Crippen LogP contribution in [0.2, 0.25) is 0 Å². The Morgan fingerprint density at radius 2 is 1.89 bits per heavy atom. The van der Waals surface area contributed by atoms with Gasteiger partial charge in [0.1, 0.15) is 17.4 Å². The van der Waals surface area contributed by atoms with E-state index in [4.69, 9.17) is 20.1 Å². The van der Waals surface area contributed by atoms with Crippen molar-refractivity contribution in [3.8, 4) is 11.8 Å². The van der Waals surface area contributed by atoms with Crippen LogP contribution in [-0.2, 0) is 15.7 Å². The molecule has 3 heterocycles. The van der Waals surface area contributed by atoms with Crippen molar-refractivity contribution in [2.75, 3.05) is 11.5 Å². The fourth-order valence-electron chi connectivity index (χ4n) is 5.96. The molecule has 2 aromatic rings. The van der Waals surface area contributed by atoms with Crippen molar-refractivity contribution < 1.29 is 31.8 Å². The third kappa shape index (κ3) is 3.40. The molecular weight excluding hydrogens is 466 g/mol. The van der Waals surface area contributed by atoms with Crippen molar-refractivity contribution in [1.82, 2.24) is 0 Å². The molecule has 3 saturated heterocycles. The SMILES string of the molecule is C[C@]12O[C@](C)(C[C@H]1COc1ccc(F)cc1)[C@H]1C(=O)N(c3ccc(C#N)c(C(F)(F)F)c3)C(=N)[C@H]12. The average Bonchev–Trinajstić information content (AvgIpc) is 3.32. The zero-order valence-electron chi connectivity index (χ0n) is 18.8. The molecule has 0 saturated carbocycles. The predicted molar refractivity (Wildman–Crippen MR) is 116 cm³/mol. The van der Waals surface area contributed by atoms with Gasteiger partial charge in [0.15, 0.2) is 0 Å². The number of hydrogen-bond donors (Lipinski definition) is 1. The van der Waals surface area contributed by atoms with Crippen LogP contribution in [-0.4, -0.2) is 29.6 Å². The molecule has 182 valence electrons. The molecule has 35 heavy (non-hydrogen) atoms. The highest BCUT2D eigenvalue weighted by Gasteiger charge is 2.74. The lowest BCUT2D eigenvalue weighted by Gasteiger charge is -2.36. The zero-order chi connectivity index (χ0) is 25.3. The summed E-state index contributed by atoms with van der Waals surface area (Å²) in [6.45, 7) is 3.78. The second-order valence-electron chi connectivity index (χ2n) is 9.62. The van der Waals surface area contributed by atoms with E-state index in [0.717, 1.165) is 17.0 Å². The fraction of sp³-hybridized carbons (Fsp3) is 0.400. The topological polar surface area (TPSA) is 86.4 Å². The Hall–Kier alpha value is -3.45. The first kappa shape index (κ1) is 23.3. The van der Waals surface area contributed by atoms with Crippen molar-refractivity contribution >= 4 is 17.4 Å². The van der Waals surface area contributed by atoms with Crippen LogP contribution in [0.4, 0.5) is 23.2 Å². The van der Waals surface area contributed by atoms with E-state index in [2.05, 4.69) is 0 Å². The Labute approximate surface area is 198 Å². The molecule has 0 unspecified atom stereocenters. The van der Waals surface area contributed by atoms with E-state index in [1.165, 1.54) is 36.4 Å². The number of nitrogens with zero attached hydrogens (tertiary/aromatic N) is 2. The summed E-state index contributed by atoms with van der Waals surface area (Å²) in [6.07, 6.45) is -4.33. The summed E-state index contributed by atoms with van der Waals surface area (Å²) in [5.41, 5.74) is -3.70. The standard InChI is InChI=1S/C25H21F4N3O3/c1-23-10-14(12-34-17-7-4-15(26)5-8-17)24(2,35-23)19-20(23)22(33)32(21(19)31)16-6-3-13(11-30)18(9-16)25(27,28)29/h3-9,14,19-20,31H,10,12H2,1-2H3/t14-,19-,20+,23+,24-/m0/s1. The van der Waals surface area contributed by atoms with Gasteiger partial charge >= 0.3 is 6.18 Å². The third-order valence-corrected chi connectivity index (χ3v) is 7.50. The first-order valence-electron chi connectivity index (χ1n) is 11.0. The van der Waals surface area contributed by atoms with Gasteiger partial charge < -0.3 is 9.47 Å². The number of carbonyl (C=O) groups excluding carboxylic acids is 1. The summed E-state index contributed by atoms with van der Waals surface area (Å²) in [5, 5.41) is 17.9. The van der Waals surface area contributed by atoms with Crippen LogP contribution in [0.15, 0.2) is 42.5 Å². The number of nitrogens with one attached hydrogen (secondary N) is 1. The van der Waals surface area contributed by atoms with Crippen LogP contribution in [0.1, 0.15) is 31.4 Å². The molecule has 5 rings (SSSR count). The molecule has 1 amide bonds. The van der Waals surface area contributed by atoms with Crippen LogP contribution >= 0.6 is 0 Å². The van der Waals surface area contributed by atoms with Gasteiger partial charge in [-0.1, -0.05) is 0 Å². The van der Waals surface area contributed by atoms with Gasteiger partial charge in [-0.25, -0.2) is 4.39 Å². The summed E-state index contributed by atoms with van der Waals surface area (Å²) >= 11 is 0. The monoisotopic (exact) mass is 487 g/mol. The lowest BCUT2D eigenvalue weighted by atomic mass is 9.64. The Kier molecular flexibility index (Phi) is 5.01. The van der Waals surface area contributed by atoms with Crippen LogP contribution < -0.4 is 9.64 Å². The largest absolute Gasteiger partial charge is 0.493 e. The Bertz CT molecular complexity index is 1270. The Balaban J connectivity index is 1.45. The van der Waals surface area contributed by atoms with Gasteiger partial charge in [-0.05, 0) is 62.7 Å². The van der Waals surface area contributed by atoms with Crippen LogP contribution in [0.5, 0.6) is 5.75 Å². The molecule has 3 aliphatic rings. The van der Waals surface area contributed by atoms with Gasteiger partial charge in [0.05, 0.1) is 52.5 Å². The number of alkyl halides is 3. The minimum Gasteiger partial charge on any atom is -0.493 e. The molecule has 3 aliphatic heterocycles. The lowest BCUT2D eigenvalue weighted by Crippen LogP contribution is -2.47. The molecule has 5 atom stereocenters. The van der Waals surface area contributed by atoms with Gasteiger partial charge in [-0.3, -0.25) is 15.1 Å². The normalized spacial score (nSPS) is 31.6. The van der Waals surface area contributed by atoms with Crippen LogP contribution in [0.3, 0.4) is 0 Å². The van der Waals surface area contributed by atoms with E-state index >= 15 is 0 Å². The molecule has 1 N–H and O–H groups in total. The van der Waals surface area contributed by atoms with Gasteiger partial charge in [-0.2, -0.15) is 18.4 Å². The Morgan fingerprint density at radius 1 is 1.20 bits per heavy atom. The Morgan fingerprint density at radius 3 is 2.51 bits per heavy atom. The number of benzene rings is 2. The van der Waals surface area contributed by atoms with E-state index in [1.807, 2.05) is 0 Å². The second-order valence-corrected chi connectivity index (χ2v) is 9.62. The van der Waals surface area contributed by atoms with Crippen molar-refractivity contribution in [2.45, 2.75) is 37.6 Å². The zero-order valence-corrected chi connectivity index (χ0v) is 18.8. The highest BCUT2D eigenvalue weighted by Crippen LogP contribution is 2.63. The highest BCUT2D eigenvalue weighted by molar-refractivity contribution is 6.24. The number of nitriles is 1. The van der Waals surface area contributed by atoms with Gasteiger partial charge in [0.2, 0.25) is 5.91 Å². The quantitative estimate of drug-likeness (QED) is 0.621. The maximum absolute atomic E-state index is 13.5. The minimum atomic E-state index is -4.79. The summed E-state index contributed by atoms with van der Waals surface area (Å²) in [5.74, 6) is -2.18. The van der Waals surface area contributed by atoms with E-state index in [1.54, 1.807) is 13.8 Å². The highest BCUT2D eigenvalue weighted by atomic mass is 19.4. The number of fused-ring (bicyclic) bond motifs is 5. The van der Waals surface area contributed by atoms with Crippen molar-refractivity contribution in [3.63, 3.8) is 0 Å². The number of amidine groups is 1. The summed E-state index contributed by atoms with van der Waals surface area (Å²) < 4.78 is 65.9. The average molecular weight is 487 g/mol. The molecule has 6 nitrogen and oxygen atoms in total. The predicted octanol–water partition coefficient (Wildman–Crippen LogP) is 4.92. The van der Waals surface area contributed by atoms with Crippen molar-refractivity contribution in [1.29, 1.82) is 10.7 Å². The smallest absolute Gasteiger partial charge is 0.417 e. The number of anilines is 1. The molecule has 0 radical (unpaired) electrons. The molecule has 0 aromatic heterocycles. The van der Waals surface area contributed by atoms with Crippen molar-refractivity contribution in [2.24, 2.45) is 17.8 Å². The summed E-state index contributed by atoms with van der Waals surface area (Å²) in [6, 6.07) is 10.1. The number of amides is 1. The maximum atomic E-state index is 13.5. The van der Waals surface area contributed by atoms with Crippen LogP contribution in [0.25, 0.3) is 0 Å². The molecule has 10 heteroatoms. The molecule has 2 bridgehead atoms. The van der Waals surface area contributed by atoms with Crippen LogP contribution in [0, 0.1) is 40.3 Å². The lowest BCUT2D eigenvalue weighted by molar-refractivity contribution is -0.137. The first-order chi connectivity index (χ1) is 16.4. The van der Waals surface area contributed by atoms with Gasteiger partial charge in [0, 0.05) is 5.92 Å². The fourth-order valence-corrected chi connectivity index (χ4v) is 5.96. The number of ether oxygens (including phenoxy) is 2. The van der Waals surface area contributed by atoms with E-state index in [-0.39, 0.29) is 24.0 Å². The first-order valence-corrected chi connectivity index (χ1v) is 11.0. The van der Waals surface area contributed by atoms with E-state index < -0.39 is 52.1 Å². The molecule has 2 aromatic carbocycles. The molecule has 3 fully saturated rings. The molecule has 0 spiro atoms. The number of rotatable bonds is 4. The number of hydrogen-bond acceptors (Lipinski definition) is 5. The second kappa shape index (κ2) is 7.52.